The molecule has 84 valence electrons. The molecule has 1 N–H and O–H groups in total. The lowest BCUT2D eigenvalue weighted by Crippen LogP contribution is -2.19. The molecule has 15 heavy (non-hydrogen) atoms. The largest absolute Gasteiger partial charge is 0.381 e. The van der Waals surface area contributed by atoms with Gasteiger partial charge in [0, 0.05) is 20.3 Å². The maximum absolute atomic E-state index is 5.32. The van der Waals surface area contributed by atoms with Crippen molar-refractivity contribution in [2.45, 2.75) is 19.4 Å². The summed E-state index contributed by atoms with van der Waals surface area (Å²) in [7, 11) is 1.96. The molecular weight excluding hydrogens is 192 g/mol. The van der Waals surface area contributed by atoms with E-state index < -0.39 is 0 Å². The van der Waals surface area contributed by atoms with Crippen LogP contribution in [0.4, 0.5) is 0 Å². The van der Waals surface area contributed by atoms with E-state index >= 15 is 0 Å². The molecule has 5 heteroatoms. The Morgan fingerprint density at radius 1 is 1.67 bits per heavy atom. The lowest BCUT2D eigenvalue weighted by atomic mass is 10.1. The van der Waals surface area contributed by atoms with Crippen molar-refractivity contribution in [3.8, 4) is 0 Å². The van der Waals surface area contributed by atoms with E-state index in [1.165, 1.54) is 12.8 Å². The van der Waals surface area contributed by atoms with Crippen LogP contribution in [0.3, 0.4) is 0 Å². The number of rotatable bonds is 5. The van der Waals surface area contributed by atoms with E-state index in [2.05, 4.69) is 15.5 Å². The van der Waals surface area contributed by atoms with Crippen molar-refractivity contribution in [3.05, 3.63) is 12.2 Å². The fourth-order valence-electron chi connectivity index (χ4n) is 1.78. The van der Waals surface area contributed by atoms with Crippen molar-refractivity contribution >= 4 is 0 Å². The maximum atomic E-state index is 5.32. The van der Waals surface area contributed by atoms with Gasteiger partial charge in [-0.2, -0.15) is 0 Å². The molecule has 0 aliphatic carbocycles. The first-order valence-corrected chi connectivity index (χ1v) is 5.47. The highest BCUT2D eigenvalue weighted by Gasteiger charge is 2.14. The molecule has 0 radical (unpaired) electrons. The summed E-state index contributed by atoms with van der Waals surface area (Å²) in [5.41, 5.74) is 0. The highest BCUT2D eigenvalue weighted by molar-refractivity contribution is 4.83. The van der Waals surface area contributed by atoms with Crippen LogP contribution in [0, 0.1) is 5.92 Å². The molecule has 1 atom stereocenters. The summed E-state index contributed by atoms with van der Waals surface area (Å²) in [6.45, 7) is 3.70. The van der Waals surface area contributed by atoms with Crippen molar-refractivity contribution < 1.29 is 4.74 Å². The molecule has 5 nitrogen and oxygen atoms in total. The number of nitrogens with one attached hydrogen (secondary N) is 1. The molecule has 0 aromatic carbocycles. The van der Waals surface area contributed by atoms with Crippen LogP contribution in [0.5, 0.6) is 0 Å². The zero-order valence-electron chi connectivity index (χ0n) is 9.15. The first-order chi connectivity index (χ1) is 7.36. The van der Waals surface area contributed by atoms with Crippen LogP contribution in [0.2, 0.25) is 0 Å². The van der Waals surface area contributed by atoms with Crippen molar-refractivity contribution in [1.82, 2.24) is 20.1 Å². The molecule has 1 aromatic rings. The van der Waals surface area contributed by atoms with E-state index in [9.17, 15) is 0 Å². The Morgan fingerprint density at radius 3 is 3.27 bits per heavy atom. The second-order valence-electron chi connectivity index (χ2n) is 4.05. The first-order valence-electron chi connectivity index (χ1n) is 5.47. The topological polar surface area (TPSA) is 52.0 Å². The van der Waals surface area contributed by atoms with E-state index in [0.717, 1.165) is 38.0 Å². The van der Waals surface area contributed by atoms with Gasteiger partial charge in [0.1, 0.15) is 12.2 Å². The summed E-state index contributed by atoms with van der Waals surface area (Å²) in [5.74, 6) is 1.73. The van der Waals surface area contributed by atoms with Gasteiger partial charge in [0.05, 0.1) is 6.54 Å². The zero-order chi connectivity index (χ0) is 10.5. The molecule has 2 heterocycles. The van der Waals surface area contributed by atoms with Crippen molar-refractivity contribution in [2.75, 3.05) is 19.8 Å². The molecule has 1 saturated heterocycles. The van der Waals surface area contributed by atoms with Gasteiger partial charge in [0.25, 0.3) is 0 Å². The number of hydrogen-bond acceptors (Lipinski definition) is 4. The van der Waals surface area contributed by atoms with Gasteiger partial charge in [-0.3, -0.25) is 0 Å². The van der Waals surface area contributed by atoms with Crippen LogP contribution < -0.4 is 5.32 Å². The lowest BCUT2D eigenvalue weighted by molar-refractivity contribution is 0.184. The number of hydrogen-bond donors (Lipinski definition) is 1. The van der Waals surface area contributed by atoms with E-state index in [0.29, 0.717) is 0 Å². The second kappa shape index (κ2) is 5.23. The predicted octanol–water partition coefficient (Wildman–Crippen LogP) is 0.331. The Balaban J connectivity index is 1.60. The summed E-state index contributed by atoms with van der Waals surface area (Å²) < 4.78 is 7.26. The van der Waals surface area contributed by atoms with Crippen molar-refractivity contribution in [1.29, 1.82) is 0 Å². The second-order valence-corrected chi connectivity index (χ2v) is 4.05. The van der Waals surface area contributed by atoms with Crippen LogP contribution in [0.1, 0.15) is 18.7 Å². The number of aryl methyl sites for hydroxylation is 1. The Bertz CT molecular complexity index is 293. The minimum Gasteiger partial charge on any atom is -0.381 e. The van der Waals surface area contributed by atoms with Crippen molar-refractivity contribution in [3.63, 3.8) is 0 Å². The summed E-state index contributed by atoms with van der Waals surface area (Å²) in [5, 5.41) is 11.2. The van der Waals surface area contributed by atoms with E-state index in [-0.39, 0.29) is 0 Å². The lowest BCUT2D eigenvalue weighted by Gasteiger charge is -2.07. The predicted molar refractivity (Wildman–Crippen MR) is 56.3 cm³/mol. The average molecular weight is 210 g/mol. The van der Waals surface area contributed by atoms with Gasteiger partial charge in [0.2, 0.25) is 0 Å². The maximum Gasteiger partial charge on any atom is 0.146 e. The number of ether oxygens (including phenoxy) is 1. The highest BCUT2D eigenvalue weighted by atomic mass is 16.5. The fourth-order valence-corrected chi connectivity index (χ4v) is 1.78. The fraction of sp³-hybridized carbons (Fsp3) is 0.800. The van der Waals surface area contributed by atoms with Gasteiger partial charge in [-0.25, -0.2) is 0 Å². The van der Waals surface area contributed by atoms with Crippen LogP contribution in [-0.4, -0.2) is 34.5 Å². The molecule has 0 bridgehead atoms. The SMILES string of the molecule is Cn1cnnc1CNCCC1CCOC1. The third-order valence-corrected chi connectivity index (χ3v) is 2.84. The average Bonchev–Trinajstić information content (AvgIpc) is 2.85. The molecule has 1 aromatic heterocycles. The normalized spacial score (nSPS) is 21.0. The van der Waals surface area contributed by atoms with Gasteiger partial charge >= 0.3 is 0 Å². The molecule has 0 saturated carbocycles. The van der Waals surface area contributed by atoms with E-state index in [1.54, 1.807) is 6.33 Å². The van der Waals surface area contributed by atoms with E-state index in [4.69, 9.17) is 4.74 Å². The van der Waals surface area contributed by atoms with Crippen molar-refractivity contribution in [2.24, 2.45) is 13.0 Å². The number of nitrogens with zero attached hydrogens (tertiary/aromatic N) is 3. The molecular formula is C10H18N4O. The third-order valence-electron chi connectivity index (χ3n) is 2.84. The van der Waals surface area contributed by atoms with E-state index in [1.807, 2.05) is 11.6 Å². The Hall–Kier alpha value is -0.940. The first kappa shape index (κ1) is 10.6. The van der Waals surface area contributed by atoms with Crippen LogP contribution in [0.15, 0.2) is 6.33 Å². The van der Waals surface area contributed by atoms with Gasteiger partial charge in [-0.1, -0.05) is 0 Å². The minimum atomic E-state index is 0.747. The molecule has 1 fully saturated rings. The van der Waals surface area contributed by atoms with Gasteiger partial charge < -0.3 is 14.6 Å². The molecule has 1 aliphatic rings. The monoisotopic (exact) mass is 210 g/mol. The number of aromatic nitrogens is 3. The minimum absolute atomic E-state index is 0.747. The van der Waals surface area contributed by atoms with Crippen LogP contribution >= 0.6 is 0 Å². The smallest absolute Gasteiger partial charge is 0.146 e. The summed E-state index contributed by atoms with van der Waals surface area (Å²) in [6.07, 6.45) is 4.13. The van der Waals surface area contributed by atoms with Crippen LogP contribution in [0.25, 0.3) is 0 Å². The summed E-state index contributed by atoms with van der Waals surface area (Å²) in [4.78, 5) is 0. The Labute approximate surface area is 89.8 Å². The van der Waals surface area contributed by atoms with Gasteiger partial charge in [0.15, 0.2) is 0 Å². The Morgan fingerprint density at radius 2 is 2.60 bits per heavy atom. The summed E-state index contributed by atoms with van der Waals surface area (Å²) >= 11 is 0. The highest BCUT2D eigenvalue weighted by Crippen LogP contribution is 2.15. The Kier molecular flexibility index (Phi) is 3.69. The zero-order valence-corrected chi connectivity index (χ0v) is 9.15. The molecule has 0 amide bonds. The third kappa shape index (κ3) is 3.00. The standard InChI is InChI=1S/C10H18N4O/c1-14-8-12-13-10(14)6-11-4-2-9-3-5-15-7-9/h8-9,11H,2-7H2,1H3. The van der Waals surface area contributed by atoms with Crippen LogP contribution in [-0.2, 0) is 18.3 Å². The molecule has 1 unspecified atom stereocenters. The summed E-state index contributed by atoms with van der Waals surface area (Å²) in [6, 6.07) is 0. The quantitative estimate of drug-likeness (QED) is 0.712. The molecule has 1 aliphatic heterocycles. The molecule has 2 rings (SSSR count). The van der Waals surface area contributed by atoms with Gasteiger partial charge in [-0.05, 0) is 25.3 Å². The van der Waals surface area contributed by atoms with Gasteiger partial charge in [-0.15, -0.1) is 10.2 Å². The molecule has 0 spiro atoms.